The molecule has 0 aliphatic carbocycles. The highest BCUT2D eigenvalue weighted by atomic mass is 32.1. The maximum Gasteiger partial charge on any atom is 0.152 e. The molecule has 2 heteroatoms. The van der Waals surface area contributed by atoms with Gasteiger partial charge in [-0.3, -0.25) is 4.79 Å². The Morgan fingerprint density at radius 1 is 1.55 bits per heavy atom. The number of aryl methyl sites for hydroxylation is 1. The van der Waals surface area contributed by atoms with Crippen molar-refractivity contribution >= 4 is 23.2 Å². The third kappa shape index (κ3) is 2.68. The number of hydrogen-bond donors (Lipinski definition) is 0. The molecular weight excluding hydrogens is 156 g/mol. The summed E-state index contributed by atoms with van der Waals surface area (Å²) in [6, 6.07) is 4.06. The van der Waals surface area contributed by atoms with Crippen LogP contribution in [0.3, 0.4) is 0 Å². The van der Waals surface area contributed by atoms with Crippen LogP contribution in [0, 0.1) is 6.92 Å². The van der Waals surface area contributed by atoms with Crippen molar-refractivity contribution in [1.82, 2.24) is 0 Å². The highest BCUT2D eigenvalue weighted by Gasteiger charge is 1.90. The maximum atomic E-state index is 10.5. The molecule has 0 aliphatic heterocycles. The first-order chi connectivity index (χ1) is 5.18. The van der Waals surface area contributed by atoms with E-state index in [2.05, 4.69) is 6.92 Å². The fourth-order valence-corrected chi connectivity index (χ4v) is 1.52. The first-order valence-corrected chi connectivity index (χ1v) is 4.25. The Balaban J connectivity index is 2.71. The van der Waals surface area contributed by atoms with Crippen molar-refractivity contribution < 1.29 is 4.79 Å². The molecule has 0 aromatic carbocycles. The van der Waals surface area contributed by atoms with Crippen LogP contribution in [0.5, 0.6) is 0 Å². The molecule has 11 heavy (non-hydrogen) atoms. The van der Waals surface area contributed by atoms with E-state index in [9.17, 15) is 4.79 Å². The topological polar surface area (TPSA) is 17.1 Å². The molecule has 0 N–H and O–H groups in total. The summed E-state index contributed by atoms with van der Waals surface area (Å²) < 4.78 is 0. The fourth-order valence-electron chi connectivity index (χ4n) is 0.742. The molecule has 0 atom stereocenters. The zero-order chi connectivity index (χ0) is 8.27. The van der Waals surface area contributed by atoms with Gasteiger partial charge in [-0.15, -0.1) is 11.3 Å². The third-order valence-corrected chi connectivity index (χ3v) is 2.21. The van der Waals surface area contributed by atoms with E-state index in [0.717, 1.165) is 4.88 Å². The van der Waals surface area contributed by atoms with Crippen LogP contribution >= 0.6 is 11.3 Å². The first-order valence-electron chi connectivity index (χ1n) is 3.43. The van der Waals surface area contributed by atoms with Gasteiger partial charge in [0, 0.05) is 9.75 Å². The van der Waals surface area contributed by atoms with Crippen molar-refractivity contribution in [2.75, 3.05) is 0 Å². The van der Waals surface area contributed by atoms with Crippen LogP contribution in [0.4, 0.5) is 0 Å². The summed E-state index contributed by atoms with van der Waals surface area (Å²) in [5, 5.41) is 0. The second-order valence-corrected chi connectivity index (χ2v) is 3.71. The van der Waals surface area contributed by atoms with Crippen LogP contribution in [0.25, 0.3) is 6.08 Å². The van der Waals surface area contributed by atoms with E-state index in [4.69, 9.17) is 0 Å². The van der Waals surface area contributed by atoms with Crippen LogP contribution in [-0.4, -0.2) is 5.78 Å². The van der Waals surface area contributed by atoms with Crippen LogP contribution in [0.1, 0.15) is 16.7 Å². The molecule has 0 saturated heterocycles. The molecule has 0 radical (unpaired) electrons. The average molecular weight is 166 g/mol. The Morgan fingerprint density at radius 3 is 2.73 bits per heavy atom. The van der Waals surface area contributed by atoms with Gasteiger partial charge < -0.3 is 0 Å². The number of carbonyl (C=O) groups excluding carboxylic acids is 1. The monoisotopic (exact) mass is 166 g/mol. The van der Waals surface area contributed by atoms with E-state index >= 15 is 0 Å². The Bertz CT molecular complexity index is 284. The van der Waals surface area contributed by atoms with E-state index in [1.807, 2.05) is 18.2 Å². The van der Waals surface area contributed by atoms with Gasteiger partial charge in [-0.25, -0.2) is 0 Å². The van der Waals surface area contributed by atoms with Gasteiger partial charge in [0.2, 0.25) is 0 Å². The van der Waals surface area contributed by atoms with Crippen molar-refractivity contribution in [1.29, 1.82) is 0 Å². The predicted molar refractivity (Wildman–Crippen MR) is 48.8 cm³/mol. The molecule has 0 saturated carbocycles. The predicted octanol–water partition coefficient (Wildman–Crippen LogP) is 2.66. The average Bonchev–Trinajstić information content (AvgIpc) is 2.31. The van der Waals surface area contributed by atoms with Gasteiger partial charge in [-0.2, -0.15) is 0 Å². The number of hydrogen-bond acceptors (Lipinski definition) is 2. The molecule has 1 heterocycles. The molecule has 0 spiro atoms. The number of rotatable bonds is 2. The molecule has 0 unspecified atom stereocenters. The lowest BCUT2D eigenvalue weighted by Gasteiger charge is -1.80. The summed E-state index contributed by atoms with van der Waals surface area (Å²) in [4.78, 5) is 12.9. The Morgan fingerprint density at radius 2 is 2.27 bits per heavy atom. The van der Waals surface area contributed by atoms with Crippen LogP contribution in [0.15, 0.2) is 18.2 Å². The number of ketones is 1. The van der Waals surface area contributed by atoms with Gasteiger partial charge >= 0.3 is 0 Å². The molecule has 1 rings (SSSR count). The molecule has 0 amide bonds. The summed E-state index contributed by atoms with van der Waals surface area (Å²) in [6.07, 6.45) is 3.44. The zero-order valence-corrected chi connectivity index (χ0v) is 7.44. The largest absolute Gasteiger partial charge is 0.295 e. The molecule has 1 aromatic heterocycles. The van der Waals surface area contributed by atoms with E-state index in [-0.39, 0.29) is 5.78 Å². The summed E-state index contributed by atoms with van der Waals surface area (Å²) in [5.41, 5.74) is 0. The van der Waals surface area contributed by atoms with Gasteiger partial charge in [0.05, 0.1) is 0 Å². The molecule has 0 aliphatic rings. The van der Waals surface area contributed by atoms with E-state index in [0.29, 0.717) is 0 Å². The first kappa shape index (κ1) is 8.21. The maximum absolute atomic E-state index is 10.5. The van der Waals surface area contributed by atoms with Gasteiger partial charge in [-0.05, 0) is 38.1 Å². The smallest absolute Gasteiger partial charge is 0.152 e. The number of allylic oxidation sites excluding steroid dienone is 1. The fraction of sp³-hybridized carbons (Fsp3) is 0.222. The highest BCUT2D eigenvalue weighted by Crippen LogP contribution is 2.16. The van der Waals surface area contributed by atoms with Crippen molar-refractivity contribution in [2.24, 2.45) is 0 Å². The van der Waals surface area contributed by atoms with Crippen molar-refractivity contribution in [2.45, 2.75) is 13.8 Å². The minimum Gasteiger partial charge on any atom is -0.295 e. The van der Waals surface area contributed by atoms with E-state index in [1.165, 1.54) is 4.88 Å². The Hall–Kier alpha value is -0.890. The quantitative estimate of drug-likeness (QED) is 0.617. The minimum absolute atomic E-state index is 0.0936. The summed E-state index contributed by atoms with van der Waals surface area (Å²) in [6.45, 7) is 3.60. The zero-order valence-electron chi connectivity index (χ0n) is 6.63. The molecule has 1 aromatic rings. The second kappa shape index (κ2) is 3.49. The van der Waals surface area contributed by atoms with Crippen molar-refractivity contribution in [3.05, 3.63) is 28.0 Å². The van der Waals surface area contributed by atoms with Gasteiger partial charge in [-0.1, -0.05) is 0 Å². The molecule has 58 valence electrons. The minimum atomic E-state index is 0.0936. The molecular formula is C9H10OS. The Labute approximate surface area is 70.4 Å². The molecule has 0 fully saturated rings. The van der Waals surface area contributed by atoms with Crippen LogP contribution < -0.4 is 0 Å². The summed E-state index contributed by atoms with van der Waals surface area (Å²) in [5.74, 6) is 0.0936. The van der Waals surface area contributed by atoms with Gasteiger partial charge in [0.1, 0.15) is 0 Å². The molecule has 1 nitrogen and oxygen atoms in total. The van der Waals surface area contributed by atoms with Crippen molar-refractivity contribution in [3.63, 3.8) is 0 Å². The summed E-state index contributed by atoms with van der Waals surface area (Å²) >= 11 is 1.69. The number of thiophene rings is 1. The summed E-state index contributed by atoms with van der Waals surface area (Å²) in [7, 11) is 0. The SMILES string of the molecule is CC(=O)C=Cc1ccc(C)s1. The van der Waals surface area contributed by atoms with Gasteiger partial charge in [0.15, 0.2) is 5.78 Å². The lowest BCUT2D eigenvalue weighted by Crippen LogP contribution is -1.77. The van der Waals surface area contributed by atoms with Crippen LogP contribution in [0.2, 0.25) is 0 Å². The van der Waals surface area contributed by atoms with E-state index in [1.54, 1.807) is 24.3 Å². The highest BCUT2D eigenvalue weighted by molar-refractivity contribution is 7.12. The third-order valence-electron chi connectivity index (χ3n) is 1.24. The standard InChI is InChI=1S/C9H10OS/c1-7(10)3-5-9-6-4-8(2)11-9/h3-6H,1-2H3. The Kier molecular flexibility index (Phi) is 2.60. The lowest BCUT2D eigenvalue weighted by atomic mass is 10.3. The second-order valence-electron chi connectivity index (χ2n) is 2.39. The number of carbonyl (C=O) groups is 1. The lowest BCUT2D eigenvalue weighted by molar-refractivity contribution is -0.112. The van der Waals surface area contributed by atoms with Crippen LogP contribution in [-0.2, 0) is 4.79 Å². The molecule has 0 bridgehead atoms. The normalized spacial score (nSPS) is 10.7. The van der Waals surface area contributed by atoms with E-state index < -0.39 is 0 Å². The van der Waals surface area contributed by atoms with Gasteiger partial charge in [0.25, 0.3) is 0 Å². The van der Waals surface area contributed by atoms with Crippen molar-refractivity contribution in [3.8, 4) is 0 Å².